The number of rotatable bonds is 3. The van der Waals surface area contributed by atoms with Gasteiger partial charge in [0.2, 0.25) is 0 Å². The molecule has 4 nitrogen and oxygen atoms in total. The Morgan fingerprint density at radius 3 is 2.67 bits per heavy atom. The van der Waals surface area contributed by atoms with E-state index in [1.807, 2.05) is 6.26 Å². The van der Waals surface area contributed by atoms with Crippen molar-refractivity contribution in [3.63, 3.8) is 0 Å². The van der Waals surface area contributed by atoms with Crippen molar-refractivity contribution in [3.05, 3.63) is 0 Å². The third-order valence-corrected chi connectivity index (χ3v) is 3.95. The maximum atomic E-state index is 11.8. The van der Waals surface area contributed by atoms with Gasteiger partial charge in [-0.15, -0.1) is 0 Å². The van der Waals surface area contributed by atoms with Gasteiger partial charge in [-0.3, -0.25) is 10.1 Å². The van der Waals surface area contributed by atoms with E-state index in [0.29, 0.717) is 6.54 Å². The first-order valence-corrected chi connectivity index (χ1v) is 6.72. The molecule has 0 unspecified atom stereocenters. The second-order valence-corrected chi connectivity index (χ2v) is 5.13. The Hall–Kier alpha value is -0.710. The monoisotopic (exact) mass is 228 g/mol. The summed E-state index contributed by atoms with van der Waals surface area (Å²) in [6.07, 6.45) is 5.78. The lowest BCUT2D eigenvalue weighted by atomic mass is 9.96. The summed E-state index contributed by atoms with van der Waals surface area (Å²) >= 11 is 1.70. The lowest BCUT2D eigenvalue weighted by molar-refractivity contribution is -0.126. The summed E-state index contributed by atoms with van der Waals surface area (Å²) in [5.74, 6) is 0.814. The maximum Gasteiger partial charge on any atom is 0.325 e. The Labute approximate surface area is 93.8 Å². The van der Waals surface area contributed by atoms with E-state index < -0.39 is 5.54 Å². The standard InChI is InChI=1S/C10H16N2O2S/c1-15-7-6-12-9(14)11-8(13)10(12)4-2-3-5-10/h2-7H2,1H3,(H,11,13,14). The highest BCUT2D eigenvalue weighted by Crippen LogP contribution is 2.38. The molecule has 0 atom stereocenters. The smallest absolute Gasteiger partial charge is 0.309 e. The number of hydrogen-bond donors (Lipinski definition) is 1. The predicted molar refractivity (Wildman–Crippen MR) is 59.8 cm³/mol. The van der Waals surface area contributed by atoms with E-state index in [0.717, 1.165) is 31.4 Å². The van der Waals surface area contributed by atoms with Crippen molar-refractivity contribution in [2.45, 2.75) is 31.2 Å². The lowest BCUT2D eigenvalue weighted by Gasteiger charge is -2.31. The number of carbonyl (C=O) groups excluding carboxylic acids is 2. The largest absolute Gasteiger partial charge is 0.325 e. The molecule has 1 aliphatic carbocycles. The zero-order valence-electron chi connectivity index (χ0n) is 8.91. The fraction of sp³-hybridized carbons (Fsp3) is 0.800. The average molecular weight is 228 g/mol. The molecule has 5 heteroatoms. The van der Waals surface area contributed by atoms with Crippen LogP contribution in [0.4, 0.5) is 4.79 Å². The first-order chi connectivity index (χ1) is 7.20. The highest BCUT2D eigenvalue weighted by atomic mass is 32.2. The zero-order valence-corrected chi connectivity index (χ0v) is 9.73. The maximum absolute atomic E-state index is 11.8. The lowest BCUT2D eigenvalue weighted by Crippen LogP contribution is -2.48. The molecule has 15 heavy (non-hydrogen) atoms. The zero-order chi connectivity index (χ0) is 10.9. The van der Waals surface area contributed by atoms with Crippen LogP contribution in [-0.4, -0.2) is 40.9 Å². The molecule has 2 aliphatic rings. The molecule has 1 spiro atoms. The number of carbonyl (C=O) groups is 2. The molecule has 1 N–H and O–H groups in total. The summed E-state index contributed by atoms with van der Waals surface area (Å²) < 4.78 is 0. The number of thioether (sulfide) groups is 1. The molecule has 1 aliphatic heterocycles. The van der Waals surface area contributed by atoms with Crippen molar-refractivity contribution < 1.29 is 9.59 Å². The Kier molecular flexibility index (Phi) is 2.91. The van der Waals surface area contributed by atoms with Crippen LogP contribution < -0.4 is 5.32 Å². The van der Waals surface area contributed by atoms with E-state index in [2.05, 4.69) is 5.32 Å². The molecule has 84 valence electrons. The van der Waals surface area contributed by atoms with Crippen molar-refractivity contribution in [2.24, 2.45) is 0 Å². The third-order valence-electron chi connectivity index (χ3n) is 3.35. The third kappa shape index (κ3) is 1.62. The summed E-state index contributed by atoms with van der Waals surface area (Å²) in [4.78, 5) is 25.2. The average Bonchev–Trinajstić information content (AvgIpc) is 2.75. The van der Waals surface area contributed by atoms with Gasteiger partial charge in [0.25, 0.3) is 5.91 Å². The Morgan fingerprint density at radius 2 is 2.07 bits per heavy atom. The molecule has 2 rings (SSSR count). The van der Waals surface area contributed by atoms with Gasteiger partial charge in [0.1, 0.15) is 5.54 Å². The quantitative estimate of drug-likeness (QED) is 0.739. The van der Waals surface area contributed by atoms with Crippen molar-refractivity contribution >= 4 is 23.7 Å². The Morgan fingerprint density at radius 1 is 1.40 bits per heavy atom. The number of hydrogen-bond acceptors (Lipinski definition) is 3. The van der Waals surface area contributed by atoms with Gasteiger partial charge in [-0.1, -0.05) is 12.8 Å². The molecule has 0 radical (unpaired) electrons. The first-order valence-electron chi connectivity index (χ1n) is 5.33. The van der Waals surface area contributed by atoms with Crippen LogP contribution in [0.15, 0.2) is 0 Å². The van der Waals surface area contributed by atoms with Gasteiger partial charge in [0, 0.05) is 12.3 Å². The number of nitrogens with zero attached hydrogens (tertiary/aromatic N) is 1. The first kappa shape index (κ1) is 10.8. The predicted octanol–water partition coefficient (Wildman–Crippen LogP) is 1.21. The molecule has 0 aromatic heterocycles. The van der Waals surface area contributed by atoms with Crippen LogP contribution >= 0.6 is 11.8 Å². The van der Waals surface area contributed by atoms with Gasteiger partial charge in [-0.2, -0.15) is 11.8 Å². The molecular formula is C10H16N2O2S. The van der Waals surface area contributed by atoms with Crippen molar-refractivity contribution in [2.75, 3.05) is 18.6 Å². The Bertz CT molecular complexity index is 287. The molecular weight excluding hydrogens is 212 g/mol. The van der Waals surface area contributed by atoms with Crippen LogP contribution in [0.2, 0.25) is 0 Å². The van der Waals surface area contributed by atoms with E-state index in [4.69, 9.17) is 0 Å². The van der Waals surface area contributed by atoms with Crippen LogP contribution in [0.1, 0.15) is 25.7 Å². The van der Waals surface area contributed by atoms with E-state index in [9.17, 15) is 9.59 Å². The SMILES string of the molecule is CSCCN1C(=O)NC(=O)C12CCCC2. The summed E-state index contributed by atoms with van der Waals surface area (Å²) in [6, 6.07) is -0.198. The number of amides is 3. The van der Waals surface area contributed by atoms with Gasteiger partial charge in [-0.25, -0.2) is 4.79 Å². The minimum atomic E-state index is -0.493. The molecule has 2 fully saturated rings. The Balaban J connectivity index is 2.17. The molecule has 0 aromatic carbocycles. The number of nitrogens with one attached hydrogen (secondary N) is 1. The van der Waals surface area contributed by atoms with Crippen LogP contribution in [0.3, 0.4) is 0 Å². The van der Waals surface area contributed by atoms with Crippen molar-refractivity contribution in [1.29, 1.82) is 0 Å². The molecule has 0 bridgehead atoms. The van der Waals surface area contributed by atoms with Gasteiger partial charge < -0.3 is 4.90 Å². The van der Waals surface area contributed by atoms with Gasteiger partial charge in [0.15, 0.2) is 0 Å². The van der Waals surface area contributed by atoms with Crippen LogP contribution in [-0.2, 0) is 4.79 Å². The van der Waals surface area contributed by atoms with Crippen molar-refractivity contribution in [3.8, 4) is 0 Å². The van der Waals surface area contributed by atoms with E-state index >= 15 is 0 Å². The summed E-state index contributed by atoms with van der Waals surface area (Å²) in [6.45, 7) is 0.679. The second-order valence-electron chi connectivity index (χ2n) is 4.14. The number of imide groups is 1. The minimum Gasteiger partial charge on any atom is -0.309 e. The van der Waals surface area contributed by atoms with Crippen molar-refractivity contribution in [1.82, 2.24) is 10.2 Å². The molecule has 1 saturated heterocycles. The normalized spacial score (nSPS) is 23.9. The molecule has 1 heterocycles. The topological polar surface area (TPSA) is 49.4 Å². The second kappa shape index (κ2) is 4.04. The highest BCUT2D eigenvalue weighted by Gasteiger charge is 2.53. The fourth-order valence-electron chi connectivity index (χ4n) is 2.55. The molecule has 1 saturated carbocycles. The summed E-state index contributed by atoms with van der Waals surface area (Å²) in [7, 11) is 0. The molecule has 0 aromatic rings. The van der Waals surface area contributed by atoms with E-state index in [-0.39, 0.29) is 11.9 Å². The van der Waals surface area contributed by atoms with Crippen LogP contribution in [0.25, 0.3) is 0 Å². The van der Waals surface area contributed by atoms with Gasteiger partial charge in [-0.05, 0) is 19.1 Å². The summed E-state index contributed by atoms with van der Waals surface area (Å²) in [5, 5.41) is 2.45. The van der Waals surface area contributed by atoms with Crippen LogP contribution in [0, 0.1) is 0 Å². The minimum absolute atomic E-state index is 0.0777. The molecule has 3 amide bonds. The van der Waals surface area contributed by atoms with Crippen LogP contribution in [0.5, 0.6) is 0 Å². The van der Waals surface area contributed by atoms with Gasteiger partial charge >= 0.3 is 6.03 Å². The summed E-state index contributed by atoms with van der Waals surface area (Å²) in [5.41, 5.74) is -0.493. The van der Waals surface area contributed by atoms with E-state index in [1.54, 1.807) is 16.7 Å². The fourth-order valence-corrected chi connectivity index (χ4v) is 2.92. The van der Waals surface area contributed by atoms with Gasteiger partial charge in [0.05, 0.1) is 0 Å². The number of urea groups is 1. The highest BCUT2D eigenvalue weighted by molar-refractivity contribution is 7.98. The van der Waals surface area contributed by atoms with E-state index in [1.165, 1.54) is 0 Å².